The molecule has 3 heteroatoms. The summed E-state index contributed by atoms with van der Waals surface area (Å²) in [6, 6.07) is 8.22. The SMILES string of the molecule is N#Cc1cc(Br)ccc1C1CCNC1. The monoisotopic (exact) mass is 250 g/mol. The minimum absolute atomic E-state index is 0.512. The Bertz CT molecular complexity index is 375. The van der Waals surface area contributed by atoms with Crippen molar-refractivity contribution >= 4 is 15.9 Å². The van der Waals surface area contributed by atoms with Crippen molar-refractivity contribution in [3.63, 3.8) is 0 Å². The number of hydrogen-bond acceptors (Lipinski definition) is 2. The summed E-state index contributed by atoms with van der Waals surface area (Å²) in [4.78, 5) is 0. The van der Waals surface area contributed by atoms with E-state index in [0.29, 0.717) is 5.92 Å². The number of nitrogens with zero attached hydrogens (tertiary/aromatic N) is 1. The number of rotatable bonds is 1. The van der Waals surface area contributed by atoms with Gasteiger partial charge in [-0.3, -0.25) is 0 Å². The summed E-state index contributed by atoms with van der Waals surface area (Å²) < 4.78 is 0.976. The molecular formula is C11H11BrN2. The molecule has 1 aromatic rings. The van der Waals surface area contributed by atoms with Gasteiger partial charge in [-0.15, -0.1) is 0 Å². The van der Waals surface area contributed by atoms with Crippen LogP contribution in [0.15, 0.2) is 22.7 Å². The summed E-state index contributed by atoms with van der Waals surface area (Å²) in [7, 11) is 0. The topological polar surface area (TPSA) is 35.8 Å². The zero-order chi connectivity index (χ0) is 9.97. The van der Waals surface area contributed by atoms with Crippen molar-refractivity contribution in [1.29, 1.82) is 5.26 Å². The molecule has 0 spiro atoms. The Balaban J connectivity index is 2.37. The normalized spacial score (nSPS) is 20.7. The predicted molar refractivity (Wildman–Crippen MR) is 59.1 cm³/mol. The molecule has 1 saturated heterocycles. The van der Waals surface area contributed by atoms with Crippen LogP contribution >= 0.6 is 15.9 Å². The van der Waals surface area contributed by atoms with Crippen molar-refractivity contribution in [1.82, 2.24) is 5.32 Å². The van der Waals surface area contributed by atoms with Gasteiger partial charge in [0.1, 0.15) is 0 Å². The molecule has 0 aromatic heterocycles. The van der Waals surface area contributed by atoms with Gasteiger partial charge in [-0.1, -0.05) is 22.0 Å². The Morgan fingerprint density at radius 2 is 2.36 bits per heavy atom. The maximum atomic E-state index is 9.01. The Morgan fingerprint density at radius 1 is 1.50 bits per heavy atom. The molecule has 1 atom stereocenters. The first-order valence-electron chi connectivity index (χ1n) is 4.71. The van der Waals surface area contributed by atoms with Gasteiger partial charge in [0, 0.05) is 11.0 Å². The molecule has 1 unspecified atom stereocenters. The first kappa shape index (κ1) is 9.70. The first-order chi connectivity index (χ1) is 6.81. The van der Waals surface area contributed by atoms with E-state index in [1.54, 1.807) is 0 Å². The lowest BCUT2D eigenvalue weighted by Crippen LogP contribution is -2.08. The summed E-state index contributed by atoms with van der Waals surface area (Å²) in [6.07, 6.45) is 1.14. The van der Waals surface area contributed by atoms with E-state index in [1.807, 2.05) is 12.1 Å². The van der Waals surface area contributed by atoms with Crippen LogP contribution in [-0.2, 0) is 0 Å². The Morgan fingerprint density at radius 3 is 3.00 bits per heavy atom. The molecule has 2 nitrogen and oxygen atoms in total. The third-order valence-corrected chi connectivity index (χ3v) is 3.13. The minimum atomic E-state index is 0.512. The van der Waals surface area contributed by atoms with Crippen LogP contribution in [0.2, 0.25) is 0 Å². The van der Waals surface area contributed by atoms with Crippen molar-refractivity contribution in [2.75, 3.05) is 13.1 Å². The molecule has 0 saturated carbocycles. The average Bonchev–Trinajstić information content (AvgIpc) is 2.70. The largest absolute Gasteiger partial charge is 0.316 e. The van der Waals surface area contributed by atoms with Crippen molar-refractivity contribution in [2.45, 2.75) is 12.3 Å². The predicted octanol–water partition coefficient (Wildman–Crippen LogP) is 2.40. The van der Waals surface area contributed by atoms with E-state index < -0.39 is 0 Å². The summed E-state index contributed by atoms with van der Waals surface area (Å²) in [5, 5.41) is 12.3. The van der Waals surface area contributed by atoms with Crippen LogP contribution in [0.5, 0.6) is 0 Å². The zero-order valence-corrected chi connectivity index (χ0v) is 9.34. The molecule has 14 heavy (non-hydrogen) atoms. The van der Waals surface area contributed by atoms with Crippen molar-refractivity contribution in [2.24, 2.45) is 0 Å². The van der Waals surface area contributed by atoms with Crippen LogP contribution in [0.25, 0.3) is 0 Å². The Hall–Kier alpha value is -0.850. The third kappa shape index (κ3) is 1.82. The Labute approximate surface area is 92.1 Å². The number of hydrogen-bond donors (Lipinski definition) is 1. The van der Waals surface area contributed by atoms with Crippen molar-refractivity contribution < 1.29 is 0 Å². The fourth-order valence-corrected chi connectivity index (χ4v) is 2.26. The summed E-state index contributed by atoms with van der Waals surface area (Å²) in [6.45, 7) is 2.06. The van der Waals surface area contributed by atoms with Gasteiger partial charge in [0.05, 0.1) is 11.6 Å². The number of nitriles is 1. The van der Waals surface area contributed by atoms with E-state index in [1.165, 1.54) is 5.56 Å². The third-order valence-electron chi connectivity index (χ3n) is 2.64. The minimum Gasteiger partial charge on any atom is -0.316 e. The molecule has 0 radical (unpaired) electrons. The second-order valence-corrected chi connectivity index (χ2v) is 4.45. The second-order valence-electron chi connectivity index (χ2n) is 3.53. The highest BCUT2D eigenvalue weighted by atomic mass is 79.9. The standard InChI is InChI=1S/C11H11BrN2/c12-10-1-2-11(9(5-10)6-13)8-3-4-14-7-8/h1-2,5,8,14H,3-4,7H2. The molecule has 2 rings (SSSR count). The molecule has 1 heterocycles. The fraction of sp³-hybridized carbons (Fsp3) is 0.364. The molecule has 1 aromatic carbocycles. The molecule has 0 aliphatic carbocycles. The smallest absolute Gasteiger partial charge is 0.0995 e. The molecule has 1 aliphatic heterocycles. The van der Waals surface area contributed by atoms with Crippen LogP contribution in [-0.4, -0.2) is 13.1 Å². The molecule has 1 aliphatic rings. The van der Waals surface area contributed by atoms with Gasteiger partial charge in [-0.05, 0) is 36.6 Å². The molecule has 0 bridgehead atoms. The second kappa shape index (κ2) is 4.12. The molecule has 1 fully saturated rings. The zero-order valence-electron chi connectivity index (χ0n) is 7.76. The molecule has 72 valence electrons. The summed E-state index contributed by atoms with van der Waals surface area (Å²) in [5.74, 6) is 0.512. The maximum Gasteiger partial charge on any atom is 0.0995 e. The molecular weight excluding hydrogens is 240 g/mol. The van der Waals surface area contributed by atoms with E-state index in [9.17, 15) is 0 Å². The van der Waals surface area contributed by atoms with Crippen molar-refractivity contribution in [3.8, 4) is 6.07 Å². The number of benzene rings is 1. The quantitative estimate of drug-likeness (QED) is 0.831. The van der Waals surface area contributed by atoms with Crippen LogP contribution in [0.1, 0.15) is 23.5 Å². The van der Waals surface area contributed by atoms with Crippen LogP contribution in [0, 0.1) is 11.3 Å². The van der Waals surface area contributed by atoms with Gasteiger partial charge in [-0.2, -0.15) is 5.26 Å². The van der Waals surface area contributed by atoms with Gasteiger partial charge >= 0.3 is 0 Å². The fourth-order valence-electron chi connectivity index (χ4n) is 1.90. The van der Waals surface area contributed by atoms with Gasteiger partial charge in [-0.25, -0.2) is 0 Å². The lowest BCUT2D eigenvalue weighted by molar-refractivity contribution is 0.761. The van der Waals surface area contributed by atoms with Gasteiger partial charge < -0.3 is 5.32 Å². The number of nitrogens with one attached hydrogen (secondary N) is 1. The average molecular weight is 251 g/mol. The maximum absolute atomic E-state index is 9.01. The van der Waals surface area contributed by atoms with Gasteiger partial charge in [0.15, 0.2) is 0 Å². The van der Waals surface area contributed by atoms with E-state index >= 15 is 0 Å². The first-order valence-corrected chi connectivity index (χ1v) is 5.51. The van der Waals surface area contributed by atoms with Crippen LogP contribution in [0.3, 0.4) is 0 Å². The molecule has 1 N–H and O–H groups in total. The molecule has 0 amide bonds. The highest BCUT2D eigenvalue weighted by molar-refractivity contribution is 9.10. The van der Waals surface area contributed by atoms with Crippen LogP contribution in [0.4, 0.5) is 0 Å². The lowest BCUT2D eigenvalue weighted by atomic mass is 9.94. The highest BCUT2D eigenvalue weighted by Gasteiger charge is 2.19. The van der Waals surface area contributed by atoms with Gasteiger partial charge in [0.25, 0.3) is 0 Å². The van der Waals surface area contributed by atoms with Gasteiger partial charge in [0.2, 0.25) is 0 Å². The van der Waals surface area contributed by atoms with Crippen molar-refractivity contribution in [3.05, 3.63) is 33.8 Å². The van der Waals surface area contributed by atoms with E-state index in [0.717, 1.165) is 29.5 Å². The van der Waals surface area contributed by atoms with E-state index in [2.05, 4.69) is 33.4 Å². The van der Waals surface area contributed by atoms with Crippen LogP contribution < -0.4 is 5.32 Å². The summed E-state index contributed by atoms with van der Waals surface area (Å²) >= 11 is 3.38. The van der Waals surface area contributed by atoms with E-state index in [-0.39, 0.29) is 0 Å². The lowest BCUT2D eigenvalue weighted by Gasteiger charge is -2.10. The van der Waals surface area contributed by atoms with E-state index in [4.69, 9.17) is 5.26 Å². The number of halogens is 1. The highest BCUT2D eigenvalue weighted by Crippen LogP contribution is 2.27. The summed E-state index contributed by atoms with van der Waals surface area (Å²) in [5.41, 5.74) is 1.98. The Kier molecular flexibility index (Phi) is 2.85.